The molecule has 1 aliphatic carbocycles. The molecule has 8 nitrogen and oxygen atoms in total. The average molecular weight is 534 g/mol. The number of dihydropyridines is 1. The summed E-state index contributed by atoms with van der Waals surface area (Å²) in [4.78, 5) is 40.9. The van der Waals surface area contributed by atoms with Gasteiger partial charge in [0.05, 0.1) is 32.5 Å². The molecule has 0 amide bonds. The molecule has 0 fully saturated rings. The monoisotopic (exact) mass is 533 g/mol. The number of nitrogens with one attached hydrogen (secondary N) is 1. The van der Waals surface area contributed by atoms with Crippen molar-refractivity contribution in [3.8, 4) is 11.5 Å². The van der Waals surface area contributed by atoms with Crippen LogP contribution in [-0.4, -0.2) is 44.7 Å². The van der Waals surface area contributed by atoms with Gasteiger partial charge in [0.25, 0.3) is 0 Å². The topological polar surface area (TPSA) is 100 Å². The lowest BCUT2D eigenvalue weighted by Gasteiger charge is -2.39. The van der Waals surface area contributed by atoms with Crippen molar-refractivity contribution >= 4 is 17.7 Å². The van der Waals surface area contributed by atoms with Crippen LogP contribution in [0.2, 0.25) is 0 Å². The first-order chi connectivity index (χ1) is 18.8. The zero-order valence-electron chi connectivity index (χ0n) is 23.0. The van der Waals surface area contributed by atoms with E-state index < -0.39 is 29.7 Å². The number of carbonyl (C=O) groups excluding carboxylic acids is 3. The first kappa shape index (κ1) is 28.0. The highest BCUT2D eigenvalue weighted by Crippen LogP contribution is 2.48. The predicted octanol–water partition coefficient (Wildman–Crippen LogP) is 4.81. The largest absolute Gasteiger partial charge is 0.497 e. The maximum absolute atomic E-state index is 14.3. The van der Waals surface area contributed by atoms with Crippen LogP contribution < -0.4 is 14.8 Å². The van der Waals surface area contributed by atoms with E-state index in [4.69, 9.17) is 18.9 Å². The third-order valence-electron chi connectivity index (χ3n) is 7.12. The zero-order chi connectivity index (χ0) is 28.1. The van der Waals surface area contributed by atoms with E-state index in [2.05, 4.69) is 5.32 Å². The fourth-order valence-electron chi connectivity index (χ4n) is 5.44. The minimum Gasteiger partial charge on any atom is -0.497 e. The highest BCUT2D eigenvalue weighted by Gasteiger charge is 2.49. The number of carbonyl (C=O) groups is 3. The van der Waals surface area contributed by atoms with Crippen LogP contribution in [0.4, 0.5) is 0 Å². The van der Waals surface area contributed by atoms with Crippen LogP contribution in [0.5, 0.6) is 11.5 Å². The molecule has 0 radical (unpaired) electrons. The highest BCUT2D eigenvalue weighted by molar-refractivity contribution is 6.13. The molecule has 3 atom stereocenters. The fourth-order valence-corrected chi connectivity index (χ4v) is 5.44. The van der Waals surface area contributed by atoms with Gasteiger partial charge in [-0.25, -0.2) is 4.79 Å². The van der Waals surface area contributed by atoms with Crippen molar-refractivity contribution in [3.05, 3.63) is 82.2 Å². The Hall–Kier alpha value is -4.07. The van der Waals surface area contributed by atoms with E-state index in [-0.39, 0.29) is 19.0 Å². The molecule has 1 aliphatic heterocycles. The molecule has 2 aromatic carbocycles. The van der Waals surface area contributed by atoms with Crippen molar-refractivity contribution in [3.63, 3.8) is 0 Å². The second-order valence-electron chi connectivity index (χ2n) is 9.39. The lowest BCUT2D eigenvalue weighted by Crippen LogP contribution is -2.43. The number of esters is 2. The van der Waals surface area contributed by atoms with Crippen molar-refractivity contribution in [1.29, 1.82) is 0 Å². The Morgan fingerprint density at radius 2 is 1.49 bits per heavy atom. The molecule has 0 bridgehead atoms. The van der Waals surface area contributed by atoms with Gasteiger partial charge in [-0.3, -0.25) is 9.59 Å². The number of ether oxygens (including phenoxy) is 4. The maximum Gasteiger partial charge on any atom is 0.336 e. The number of ketones is 1. The lowest BCUT2D eigenvalue weighted by molar-refractivity contribution is -0.152. The van der Waals surface area contributed by atoms with Gasteiger partial charge in [-0.05, 0) is 69.5 Å². The number of benzene rings is 2. The Bertz CT molecular complexity index is 1290. The molecule has 8 heteroatoms. The Morgan fingerprint density at radius 1 is 0.872 bits per heavy atom. The standard InChI is InChI=1S/C31H35NO7/c1-6-37-22-15-11-20(12-16-22)26-25(30(34)38-7-2)18(4)32-24-17-23(19-9-13-21(36-5)14-10-19)27(29(33)28(24)26)31(35)39-8-3/h9-16,23,26-27,32H,6-8,17H2,1-5H3/t23-,26+,27-/m1/s1. The van der Waals surface area contributed by atoms with Gasteiger partial charge in [-0.15, -0.1) is 0 Å². The van der Waals surface area contributed by atoms with Crippen molar-refractivity contribution in [2.75, 3.05) is 26.9 Å². The van der Waals surface area contributed by atoms with Crippen LogP contribution in [0.3, 0.4) is 0 Å². The Kier molecular flexibility index (Phi) is 8.74. The summed E-state index contributed by atoms with van der Waals surface area (Å²) in [5.74, 6) is -2.32. The van der Waals surface area contributed by atoms with Gasteiger partial charge >= 0.3 is 11.9 Å². The molecule has 1 N–H and O–H groups in total. The van der Waals surface area contributed by atoms with Crippen LogP contribution in [-0.2, 0) is 23.9 Å². The summed E-state index contributed by atoms with van der Waals surface area (Å²) in [6.07, 6.45) is 0.387. The number of rotatable bonds is 9. The van der Waals surface area contributed by atoms with E-state index in [1.54, 1.807) is 21.0 Å². The number of hydrogen-bond acceptors (Lipinski definition) is 8. The SMILES string of the molecule is CCOC(=O)C1=C(C)NC2=C(C(=O)[C@H](C(=O)OCC)[C@@H](c3ccc(OC)cc3)C2)[C@H]1c1ccc(OCC)cc1. The third kappa shape index (κ3) is 5.55. The minimum absolute atomic E-state index is 0.150. The van der Waals surface area contributed by atoms with E-state index in [0.29, 0.717) is 47.1 Å². The van der Waals surface area contributed by atoms with Gasteiger partial charge < -0.3 is 24.3 Å². The summed E-state index contributed by atoms with van der Waals surface area (Å²) in [5.41, 5.74) is 3.58. The van der Waals surface area contributed by atoms with Crippen LogP contribution in [0.25, 0.3) is 0 Å². The number of Topliss-reactive ketones (excluding diaryl/α,β-unsaturated/α-hetero) is 1. The number of hydrogen-bond donors (Lipinski definition) is 1. The normalized spacial score (nSPS) is 20.6. The van der Waals surface area contributed by atoms with E-state index in [0.717, 1.165) is 11.1 Å². The molecule has 0 aromatic heterocycles. The van der Waals surface area contributed by atoms with Crippen LogP contribution in [0.15, 0.2) is 71.1 Å². The zero-order valence-corrected chi connectivity index (χ0v) is 23.0. The summed E-state index contributed by atoms with van der Waals surface area (Å²) < 4.78 is 21.7. The van der Waals surface area contributed by atoms with E-state index >= 15 is 0 Å². The Balaban J connectivity index is 1.86. The van der Waals surface area contributed by atoms with Gasteiger partial charge in [0.1, 0.15) is 17.4 Å². The van der Waals surface area contributed by atoms with Gasteiger partial charge in [0, 0.05) is 28.8 Å². The van der Waals surface area contributed by atoms with Gasteiger partial charge in [0.15, 0.2) is 5.78 Å². The van der Waals surface area contributed by atoms with Gasteiger partial charge in [-0.1, -0.05) is 24.3 Å². The summed E-state index contributed by atoms with van der Waals surface area (Å²) in [7, 11) is 1.58. The third-order valence-corrected chi connectivity index (χ3v) is 7.12. The Morgan fingerprint density at radius 3 is 2.08 bits per heavy atom. The number of allylic oxidation sites excluding steroid dienone is 3. The molecule has 0 unspecified atom stereocenters. The molecule has 206 valence electrons. The van der Waals surface area contributed by atoms with Crippen LogP contribution in [0.1, 0.15) is 57.1 Å². The first-order valence-corrected chi connectivity index (χ1v) is 13.3. The molecule has 0 spiro atoms. The molecule has 39 heavy (non-hydrogen) atoms. The summed E-state index contributed by atoms with van der Waals surface area (Å²) in [5, 5.41) is 3.32. The Labute approximate surface area is 229 Å². The van der Waals surface area contributed by atoms with Crippen LogP contribution in [0, 0.1) is 5.92 Å². The molecule has 2 aromatic rings. The molecular weight excluding hydrogens is 498 g/mol. The molecule has 4 rings (SSSR count). The molecule has 0 saturated heterocycles. The molecule has 0 saturated carbocycles. The maximum atomic E-state index is 14.3. The predicted molar refractivity (Wildman–Crippen MR) is 145 cm³/mol. The van der Waals surface area contributed by atoms with E-state index in [1.165, 1.54) is 0 Å². The van der Waals surface area contributed by atoms with Crippen molar-refractivity contribution < 1.29 is 33.3 Å². The van der Waals surface area contributed by atoms with Crippen LogP contribution >= 0.6 is 0 Å². The van der Waals surface area contributed by atoms with E-state index in [1.807, 2.05) is 62.4 Å². The van der Waals surface area contributed by atoms with E-state index in [9.17, 15) is 14.4 Å². The number of methoxy groups -OCH3 is 1. The second-order valence-corrected chi connectivity index (χ2v) is 9.39. The van der Waals surface area contributed by atoms with Crippen molar-refractivity contribution in [2.24, 2.45) is 5.92 Å². The first-order valence-electron chi connectivity index (χ1n) is 13.3. The highest BCUT2D eigenvalue weighted by atomic mass is 16.5. The summed E-state index contributed by atoms with van der Waals surface area (Å²) in [6, 6.07) is 14.7. The average Bonchev–Trinajstić information content (AvgIpc) is 2.93. The van der Waals surface area contributed by atoms with Crippen molar-refractivity contribution in [2.45, 2.75) is 46.0 Å². The fraction of sp³-hybridized carbons (Fsp3) is 0.387. The van der Waals surface area contributed by atoms with Gasteiger partial charge in [0.2, 0.25) is 0 Å². The quantitative estimate of drug-likeness (QED) is 0.362. The molecule has 2 aliphatic rings. The second kappa shape index (κ2) is 12.2. The van der Waals surface area contributed by atoms with Gasteiger partial charge in [-0.2, -0.15) is 0 Å². The lowest BCUT2D eigenvalue weighted by atomic mass is 9.67. The summed E-state index contributed by atoms with van der Waals surface area (Å²) in [6.45, 7) is 8.02. The smallest absolute Gasteiger partial charge is 0.336 e. The molecule has 1 heterocycles. The van der Waals surface area contributed by atoms with Crippen molar-refractivity contribution in [1.82, 2.24) is 5.32 Å². The minimum atomic E-state index is -1.06. The molecular formula is C31H35NO7. The summed E-state index contributed by atoms with van der Waals surface area (Å²) >= 11 is 0.